The first-order valence-electron chi connectivity index (χ1n) is 2.63. The average molecular weight is 100 g/mol. The fourth-order valence-electron chi connectivity index (χ4n) is 0.895. The standard InChI is InChI=1S/C5H10NO/c1-6-3-2-5(7)4-6/h5H,2-4H2,1H3/t5-/m1/s1. The molecule has 1 fully saturated rings. The van der Waals surface area contributed by atoms with Gasteiger partial charge in [-0.3, -0.25) is 0 Å². The molecule has 0 amide bonds. The van der Waals surface area contributed by atoms with Crippen LogP contribution >= 0.6 is 0 Å². The van der Waals surface area contributed by atoms with Gasteiger partial charge in [-0.05, 0) is 13.5 Å². The molecule has 0 spiro atoms. The van der Waals surface area contributed by atoms with Crippen molar-refractivity contribution < 1.29 is 5.11 Å². The van der Waals surface area contributed by atoms with Crippen LogP contribution in [0.2, 0.25) is 0 Å². The number of nitrogens with zero attached hydrogens (tertiary/aromatic N) is 1. The van der Waals surface area contributed by atoms with Crippen LogP contribution in [0.5, 0.6) is 0 Å². The Bertz CT molecular complexity index is 57.1. The molecule has 0 saturated carbocycles. The molecular weight excluding hydrogens is 90.1 g/mol. The van der Waals surface area contributed by atoms with E-state index in [4.69, 9.17) is 0 Å². The molecule has 0 aromatic carbocycles. The van der Waals surface area contributed by atoms with Gasteiger partial charge in [-0.2, -0.15) is 0 Å². The Labute approximate surface area is 43.7 Å². The lowest BCUT2D eigenvalue weighted by Crippen LogP contribution is -2.15. The number of hydrogen-bond acceptors (Lipinski definition) is 1. The topological polar surface area (TPSA) is 23.1 Å². The molecule has 0 N–H and O–H groups in total. The van der Waals surface area contributed by atoms with Gasteiger partial charge in [0.05, 0.1) is 0 Å². The van der Waals surface area contributed by atoms with Gasteiger partial charge < -0.3 is 4.90 Å². The van der Waals surface area contributed by atoms with Crippen LogP contribution in [0.1, 0.15) is 6.42 Å². The molecule has 2 heteroatoms. The van der Waals surface area contributed by atoms with Gasteiger partial charge in [0.2, 0.25) is 0 Å². The van der Waals surface area contributed by atoms with E-state index in [2.05, 4.69) is 4.90 Å². The first kappa shape index (κ1) is 5.06. The fourth-order valence-corrected chi connectivity index (χ4v) is 0.895. The van der Waals surface area contributed by atoms with Crippen molar-refractivity contribution in [1.82, 2.24) is 4.90 Å². The van der Waals surface area contributed by atoms with E-state index in [1.165, 1.54) is 0 Å². The molecule has 1 saturated heterocycles. The zero-order chi connectivity index (χ0) is 5.28. The van der Waals surface area contributed by atoms with E-state index in [9.17, 15) is 5.11 Å². The van der Waals surface area contributed by atoms with Gasteiger partial charge >= 0.3 is 0 Å². The third-order valence-corrected chi connectivity index (χ3v) is 1.35. The molecule has 41 valence electrons. The first-order valence-corrected chi connectivity index (χ1v) is 2.63. The Morgan fingerprint density at radius 3 is 2.57 bits per heavy atom. The summed E-state index contributed by atoms with van der Waals surface area (Å²) in [5, 5.41) is 10.5. The lowest BCUT2D eigenvalue weighted by atomic mass is 10.3. The zero-order valence-electron chi connectivity index (χ0n) is 4.55. The van der Waals surface area contributed by atoms with Crippen molar-refractivity contribution in [2.45, 2.75) is 12.5 Å². The molecular formula is C5H10NO. The Balaban J connectivity index is 2.26. The minimum Gasteiger partial charge on any atom is -0.304 e. The Hall–Kier alpha value is -0.0800. The molecule has 7 heavy (non-hydrogen) atoms. The number of hydrogen-bond donors (Lipinski definition) is 0. The quantitative estimate of drug-likeness (QED) is 0.424. The van der Waals surface area contributed by atoms with Gasteiger partial charge in [0, 0.05) is 13.1 Å². The summed E-state index contributed by atoms with van der Waals surface area (Å²) in [7, 11) is 1.98. The summed E-state index contributed by atoms with van der Waals surface area (Å²) in [5.74, 6) is 0. The maximum absolute atomic E-state index is 10.5. The fraction of sp³-hybridized carbons (Fsp3) is 1.00. The minimum absolute atomic E-state index is 0.301. The van der Waals surface area contributed by atoms with Gasteiger partial charge in [0.15, 0.2) is 0 Å². The molecule has 0 aliphatic carbocycles. The molecule has 1 atom stereocenters. The largest absolute Gasteiger partial charge is 0.304 e. The molecule has 0 unspecified atom stereocenters. The van der Waals surface area contributed by atoms with Crippen molar-refractivity contribution in [2.75, 3.05) is 20.1 Å². The monoisotopic (exact) mass is 100 g/mol. The van der Waals surface area contributed by atoms with Crippen molar-refractivity contribution in [2.24, 2.45) is 0 Å². The molecule has 1 aliphatic rings. The molecule has 2 nitrogen and oxygen atoms in total. The van der Waals surface area contributed by atoms with E-state index in [0.717, 1.165) is 19.5 Å². The van der Waals surface area contributed by atoms with Crippen LogP contribution < -0.4 is 0 Å². The lowest BCUT2D eigenvalue weighted by Gasteiger charge is -2.01. The number of likely N-dealkylation sites (tertiary alicyclic amines) is 1. The summed E-state index contributed by atoms with van der Waals surface area (Å²) >= 11 is 0. The van der Waals surface area contributed by atoms with Crippen LogP contribution in [0, 0.1) is 0 Å². The van der Waals surface area contributed by atoms with E-state index in [-0.39, 0.29) is 6.10 Å². The lowest BCUT2D eigenvalue weighted by molar-refractivity contribution is 0.0980. The van der Waals surface area contributed by atoms with Crippen molar-refractivity contribution in [3.8, 4) is 0 Å². The van der Waals surface area contributed by atoms with Gasteiger partial charge in [-0.1, -0.05) is 0 Å². The maximum Gasteiger partial charge on any atom is 0.107 e. The average Bonchev–Trinajstić information content (AvgIpc) is 1.87. The number of rotatable bonds is 0. The van der Waals surface area contributed by atoms with Crippen LogP contribution in [-0.2, 0) is 5.11 Å². The van der Waals surface area contributed by atoms with E-state index in [0.29, 0.717) is 0 Å². The minimum atomic E-state index is -0.301. The summed E-state index contributed by atoms with van der Waals surface area (Å²) in [6.07, 6.45) is 0.543. The van der Waals surface area contributed by atoms with Gasteiger partial charge in [0.25, 0.3) is 0 Å². The zero-order valence-corrected chi connectivity index (χ0v) is 4.55. The number of likely N-dealkylation sites (N-methyl/N-ethyl adjacent to an activating group) is 1. The first-order chi connectivity index (χ1) is 3.29. The highest BCUT2D eigenvalue weighted by Crippen LogP contribution is 2.04. The molecule has 0 bridgehead atoms. The highest BCUT2D eigenvalue weighted by Gasteiger charge is 2.16. The van der Waals surface area contributed by atoms with Gasteiger partial charge in [0.1, 0.15) is 6.10 Å². The highest BCUT2D eigenvalue weighted by molar-refractivity contribution is 4.69. The Morgan fingerprint density at radius 1 is 1.71 bits per heavy atom. The summed E-state index contributed by atoms with van der Waals surface area (Å²) in [4.78, 5) is 2.07. The third kappa shape index (κ3) is 1.14. The molecule has 1 heterocycles. The molecule has 1 rings (SSSR count). The van der Waals surface area contributed by atoms with Crippen LogP contribution in [0.4, 0.5) is 0 Å². The molecule has 1 aliphatic heterocycles. The highest BCUT2D eigenvalue weighted by atomic mass is 16.3. The summed E-state index contributed by atoms with van der Waals surface area (Å²) < 4.78 is 0. The maximum atomic E-state index is 10.5. The Morgan fingerprint density at radius 2 is 2.43 bits per heavy atom. The van der Waals surface area contributed by atoms with E-state index < -0.39 is 0 Å². The van der Waals surface area contributed by atoms with Crippen LogP contribution in [0.25, 0.3) is 0 Å². The summed E-state index contributed by atoms with van der Waals surface area (Å²) in [6.45, 7) is 1.74. The van der Waals surface area contributed by atoms with Crippen LogP contribution in [0.15, 0.2) is 0 Å². The second-order valence-electron chi connectivity index (χ2n) is 2.17. The SMILES string of the molecule is CN1CC[C@@H]([O])C1. The van der Waals surface area contributed by atoms with Crippen LogP contribution in [0.3, 0.4) is 0 Å². The second kappa shape index (κ2) is 1.80. The van der Waals surface area contributed by atoms with Crippen molar-refractivity contribution in [1.29, 1.82) is 0 Å². The van der Waals surface area contributed by atoms with Crippen molar-refractivity contribution >= 4 is 0 Å². The summed E-state index contributed by atoms with van der Waals surface area (Å²) in [5.41, 5.74) is 0. The van der Waals surface area contributed by atoms with Crippen molar-refractivity contribution in [3.63, 3.8) is 0 Å². The molecule has 1 radical (unpaired) electrons. The second-order valence-corrected chi connectivity index (χ2v) is 2.17. The Kier molecular flexibility index (Phi) is 1.30. The van der Waals surface area contributed by atoms with Gasteiger partial charge in [-0.25, -0.2) is 5.11 Å². The predicted octanol–water partition coefficient (Wildman–Crippen LogP) is 0.121. The van der Waals surface area contributed by atoms with Gasteiger partial charge in [-0.15, -0.1) is 0 Å². The van der Waals surface area contributed by atoms with Crippen LogP contribution in [-0.4, -0.2) is 31.1 Å². The van der Waals surface area contributed by atoms with E-state index in [1.807, 2.05) is 7.05 Å². The summed E-state index contributed by atoms with van der Waals surface area (Å²) in [6, 6.07) is 0. The van der Waals surface area contributed by atoms with Crippen molar-refractivity contribution in [3.05, 3.63) is 0 Å². The predicted molar refractivity (Wildman–Crippen MR) is 26.6 cm³/mol. The molecule has 0 aromatic rings. The third-order valence-electron chi connectivity index (χ3n) is 1.35. The van der Waals surface area contributed by atoms with E-state index in [1.54, 1.807) is 0 Å². The smallest absolute Gasteiger partial charge is 0.107 e. The van der Waals surface area contributed by atoms with E-state index >= 15 is 0 Å². The normalized spacial score (nSPS) is 34.3. The molecule has 0 aromatic heterocycles.